The lowest BCUT2D eigenvalue weighted by Gasteiger charge is -2.38. The topological polar surface area (TPSA) is 113 Å². The van der Waals surface area contributed by atoms with Crippen LogP contribution < -0.4 is 5.32 Å². The van der Waals surface area contributed by atoms with E-state index in [1.165, 1.54) is 32.1 Å². The number of carbonyl (C=O) groups excluding carboxylic acids is 1. The summed E-state index contributed by atoms with van der Waals surface area (Å²) >= 11 is 0. The standard InChI is InChI=1S/C37H56N2O6S.CH4/c1-26(2)18-20-45-25-31(22-29-13-8-7-9-14-29)39(27(3)4)24-30-16-17-33(34(23-30)32-15-11-10-12-28(32)5)36(40)38-35(37(41)42)19-21-46(6,43)44;/h10-12,15-17,23,26-27,29,31,35H,7-9,13-14,18-22,24-25H2,1-6H3,(H,38,40)(H,41,42);1H4/t31-,35+;/m1./s1. The van der Waals surface area contributed by atoms with Crippen molar-refractivity contribution in [1.29, 1.82) is 0 Å². The van der Waals surface area contributed by atoms with Gasteiger partial charge in [-0.1, -0.05) is 83.7 Å². The first-order valence-corrected chi connectivity index (χ1v) is 19.0. The number of sulfone groups is 1. The molecule has 0 heterocycles. The molecule has 1 aliphatic rings. The SMILES string of the molecule is C.Cc1ccccc1-c1cc(CN(C(C)C)[C@@H](COCCC(C)C)CC2CCCCC2)ccc1C(=O)N[C@@H](CCS(C)(=O)=O)C(=O)O. The molecule has 2 aromatic rings. The molecule has 3 rings (SSSR count). The van der Waals surface area contributed by atoms with Crippen molar-refractivity contribution in [2.45, 2.75) is 118 Å². The molecule has 1 saturated carbocycles. The Balaban J connectivity index is 0.00000768. The number of ether oxygens (including phenoxy) is 1. The van der Waals surface area contributed by atoms with Crippen LogP contribution in [-0.2, 0) is 25.9 Å². The molecule has 0 radical (unpaired) electrons. The maximum absolute atomic E-state index is 13.6. The molecule has 47 heavy (non-hydrogen) atoms. The van der Waals surface area contributed by atoms with Crippen molar-refractivity contribution in [3.63, 3.8) is 0 Å². The zero-order valence-corrected chi connectivity index (χ0v) is 29.6. The number of nitrogens with one attached hydrogen (secondary N) is 1. The van der Waals surface area contributed by atoms with Crippen molar-refractivity contribution in [1.82, 2.24) is 10.2 Å². The number of aliphatic carboxylic acids is 1. The fourth-order valence-corrected chi connectivity index (χ4v) is 7.06. The molecule has 2 aromatic carbocycles. The summed E-state index contributed by atoms with van der Waals surface area (Å²) in [6.45, 7) is 13.0. The van der Waals surface area contributed by atoms with Crippen LogP contribution in [0.4, 0.5) is 0 Å². The second-order valence-electron chi connectivity index (χ2n) is 13.9. The minimum absolute atomic E-state index is 0. The molecule has 1 aliphatic carbocycles. The van der Waals surface area contributed by atoms with E-state index in [-0.39, 0.29) is 31.7 Å². The molecule has 0 aromatic heterocycles. The van der Waals surface area contributed by atoms with Gasteiger partial charge in [-0.2, -0.15) is 0 Å². The minimum Gasteiger partial charge on any atom is -0.480 e. The third kappa shape index (κ3) is 13.3. The highest BCUT2D eigenvalue weighted by Crippen LogP contribution is 2.32. The van der Waals surface area contributed by atoms with E-state index >= 15 is 0 Å². The smallest absolute Gasteiger partial charge is 0.326 e. The number of carboxylic acids is 1. The van der Waals surface area contributed by atoms with Crippen LogP contribution in [0.3, 0.4) is 0 Å². The maximum atomic E-state index is 13.6. The van der Waals surface area contributed by atoms with Crippen LogP contribution in [0.1, 0.15) is 108 Å². The lowest BCUT2D eigenvalue weighted by Crippen LogP contribution is -2.44. The number of hydrogen-bond donors (Lipinski definition) is 2. The zero-order chi connectivity index (χ0) is 33.9. The Morgan fingerprint density at radius 2 is 1.68 bits per heavy atom. The van der Waals surface area contributed by atoms with Gasteiger partial charge in [0, 0.05) is 37.1 Å². The molecule has 0 unspecified atom stereocenters. The Bertz CT molecular complexity index is 1380. The van der Waals surface area contributed by atoms with E-state index in [1.54, 1.807) is 6.07 Å². The Morgan fingerprint density at radius 1 is 1.00 bits per heavy atom. The summed E-state index contributed by atoms with van der Waals surface area (Å²) in [4.78, 5) is 28.1. The zero-order valence-electron chi connectivity index (χ0n) is 28.8. The summed E-state index contributed by atoms with van der Waals surface area (Å²) in [6.07, 6.45) is 9.47. The number of carboxylic acid groups (broad SMARTS) is 1. The molecular formula is C38H60N2O6S. The van der Waals surface area contributed by atoms with Crippen molar-refractivity contribution in [2.75, 3.05) is 25.2 Å². The van der Waals surface area contributed by atoms with Crippen molar-refractivity contribution in [3.05, 3.63) is 59.2 Å². The van der Waals surface area contributed by atoms with Crippen LogP contribution in [0.5, 0.6) is 0 Å². The van der Waals surface area contributed by atoms with Crippen LogP contribution in [0.15, 0.2) is 42.5 Å². The first-order chi connectivity index (χ1) is 21.7. The summed E-state index contributed by atoms with van der Waals surface area (Å²) in [5.41, 5.74) is 4.03. The van der Waals surface area contributed by atoms with Crippen molar-refractivity contribution >= 4 is 21.7 Å². The quantitative estimate of drug-likeness (QED) is 0.158. The highest BCUT2D eigenvalue weighted by Gasteiger charge is 2.28. The van der Waals surface area contributed by atoms with Crippen LogP contribution in [0.2, 0.25) is 0 Å². The fourth-order valence-electron chi connectivity index (χ4n) is 6.40. The van der Waals surface area contributed by atoms with Gasteiger partial charge >= 0.3 is 5.97 Å². The summed E-state index contributed by atoms with van der Waals surface area (Å²) in [5, 5.41) is 12.3. The first kappa shape index (κ1) is 40.4. The largest absolute Gasteiger partial charge is 0.480 e. The predicted molar refractivity (Wildman–Crippen MR) is 192 cm³/mol. The molecule has 2 atom stereocenters. The molecule has 0 spiro atoms. The molecule has 0 bridgehead atoms. The van der Waals surface area contributed by atoms with E-state index in [2.05, 4.69) is 44.0 Å². The number of carbonyl (C=O) groups is 2. The van der Waals surface area contributed by atoms with E-state index in [1.807, 2.05) is 37.3 Å². The molecule has 9 heteroatoms. The van der Waals surface area contributed by atoms with Gasteiger partial charge in [0.15, 0.2) is 0 Å². The third-order valence-corrected chi connectivity index (χ3v) is 10.1. The Kier molecular flexibility index (Phi) is 16.6. The maximum Gasteiger partial charge on any atom is 0.326 e. The second-order valence-corrected chi connectivity index (χ2v) is 16.2. The lowest BCUT2D eigenvalue weighted by atomic mass is 9.84. The first-order valence-electron chi connectivity index (χ1n) is 17.0. The molecule has 2 N–H and O–H groups in total. The van der Waals surface area contributed by atoms with Crippen LogP contribution in [0, 0.1) is 18.8 Å². The Hall–Kier alpha value is -2.75. The van der Waals surface area contributed by atoms with E-state index < -0.39 is 27.8 Å². The number of hydrogen-bond acceptors (Lipinski definition) is 6. The van der Waals surface area contributed by atoms with Gasteiger partial charge in [0.25, 0.3) is 5.91 Å². The average Bonchev–Trinajstić information content (AvgIpc) is 2.99. The van der Waals surface area contributed by atoms with Gasteiger partial charge in [-0.15, -0.1) is 0 Å². The van der Waals surface area contributed by atoms with Crippen molar-refractivity contribution in [2.24, 2.45) is 11.8 Å². The fraction of sp³-hybridized carbons (Fsp3) is 0.632. The van der Waals surface area contributed by atoms with Gasteiger partial charge < -0.3 is 15.2 Å². The molecule has 1 fully saturated rings. The lowest BCUT2D eigenvalue weighted by molar-refractivity contribution is -0.139. The van der Waals surface area contributed by atoms with Gasteiger partial charge in [0.1, 0.15) is 15.9 Å². The summed E-state index contributed by atoms with van der Waals surface area (Å²) in [7, 11) is -3.39. The van der Waals surface area contributed by atoms with E-state index in [9.17, 15) is 23.1 Å². The number of rotatable bonds is 18. The van der Waals surface area contributed by atoms with Crippen LogP contribution >= 0.6 is 0 Å². The van der Waals surface area contributed by atoms with Gasteiger partial charge in [-0.25, -0.2) is 13.2 Å². The molecular weight excluding hydrogens is 612 g/mol. The number of amides is 1. The average molecular weight is 673 g/mol. The second kappa shape index (κ2) is 19.3. The normalized spacial score (nSPS) is 15.4. The van der Waals surface area contributed by atoms with Crippen LogP contribution in [-0.4, -0.2) is 73.6 Å². The summed E-state index contributed by atoms with van der Waals surface area (Å²) in [6, 6.07) is 12.8. The molecule has 0 aliphatic heterocycles. The summed E-state index contributed by atoms with van der Waals surface area (Å²) < 4.78 is 29.7. The van der Waals surface area contributed by atoms with E-state index in [0.29, 0.717) is 30.6 Å². The molecule has 264 valence electrons. The highest BCUT2D eigenvalue weighted by atomic mass is 32.2. The van der Waals surface area contributed by atoms with Gasteiger partial charge in [-0.05, 0) is 86.3 Å². The molecule has 8 nitrogen and oxygen atoms in total. The molecule has 0 saturated heterocycles. The van der Waals surface area contributed by atoms with Crippen molar-refractivity contribution in [3.8, 4) is 11.1 Å². The minimum atomic E-state index is -3.39. The van der Waals surface area contributed by atoms with Gasteiger partial charge in [-0.3, -0.25) is 9.69 Å². The van der Waals surface area contributed by atoms with Gasteiger partial charge in [0.05, 0.1) is 12.4 Å². The monoisotopic (exact) mass is 672 g/mol. The highest BCUT2D eigenvalue weighted by molar-refractivity contribution is 7.90. The number of nitrogens with zero attached hydrogens (tertiary/aromatic N) is 1. The third-order valence-electron chi connectivity index (χ3n) is 9.12. The van der Waals surface area contributed by atoms with E-state index in [0.717, 1.165) is 48.0 Å². The van der Waals surface area contributed by atoms with E-state index in [4.69, 9.17) is 4.74 Å². The van der Waals surface area contributed by atoms with Crippen LogP contribution in [0.25, 0.3) is 11.1 Å². The summed E-state index contributed by atoms with van der Waals surface area (Å²) in [5.74, 6) is -0.841. The van der Waals surface area contributed by atoms with Crippen molar-refractivity contribution < 1.29 is 27.9 Å². The predicted octanol–water partition coefficient (Wildman–Crippen LogP) is 7.53. The Labute approximate surface area is 284 Å². The number of benzene rings is 2. The molecule has 1 amide bonds. The van der Waals surface area contributed by atoms with Gasteiger partial charge in [0.2, 0.25) is 0 Å². The Morgan fingerprint density at radius 3 is 2.28 bits per heavy atom. The number of aryl methyl sites for hydroxylation is 1.